The zero-order valence-electron chi connectivity index (χ0n) is 15.5. The largest absolute Gasteiger partial charge is 0.463 e. The van der Waals surface area contributed by atoms with E-state index in [9.17, 15) is 23.5 Å². The molecule has 0 bridgehead atoms. The zero-order valence-corrected chi connectivity index (χ0v) is 17.2. The van der Waals surface area contributed by atoms with Crippen LogP contribution in [0.3, 0.4) is 0 Å². The smallest absolute Gasteiger partial charge is 0.351 e. The number of carbonyl (C=O) groups is 1. The van der Waals surface area contributed by atoms with Crippen molar-refractivity contribution >= 4 is 33.4 Å². The number of halogens is 2. The summed E-state index contributed by atoms with van der Waals surface area (Å²) in [5.74, 6) is -3.27. The third kappa shape index (κ3) is 5.41. The lowest BCUT2D eigenvalue weighted by molar-refractivity contribution is -0.150. The molecular formula is C17H23F2N3O5S2. The summed E-state index contributed by atoms with van der Waals surface area (Å²) in [6.45, 7) is -0.529. The molecule has 0 amide bonds. The van der Waals surface area contributed by atoms with Crippen LogP contribution in [0.1, 0.15) is 38.3 Å². The summed E-state index contributed by atoms with van der Waals surface area (Å²) < 4.78 is 39.5. The molecule has 8 nitrogen and oxygen atoms in total. The Morgan fingerprint density at radius 3 is 2.97 bits per heavy atom. The fourth-order valence-corrected chi connectivity index (χ4v) is 6.19. The van der Waals surface area contributed by atoms with Crippen LogP contribution in [0.25, 0.3) is 0 Å². The highest BCUT2D eigenvalue weighted by Crippen LogP contribution is 2.42. The Hall–Kier alpha value is -1.37. The molecule has 0 spiro atoms. The summed E-state index contributed by atoms with van der Waals surface area (Å²) in [6.07, 6.45) is -0.810. The topological polar surface area (TPSA) is 117 Å². The Labute approximate surface area is 173 Å². The number of esters is 1. The first-order valence-electron chi connectivity index (χ1n) is 9.29. The van der Waals surface area contributed by atoms with Gasteiger partial charge in [0.05, 0.1) is 0 Å². The SMILES string of the molecule is Nc1ccn([C@@H]2O[C@H](COC(=O)CCCC[C@@H]3CCSS3)[C@@H](O)C2(F)F)c(=O)n1. The van der Waals surface area contributed by atoms with Gasteiger partial charge in [-0.1, -0.05) is 28.0 Å². The van der Waals surface area contributed by atoms with Gasteiger partial charge in [0.2, 0.25) is 6.23 Å². The van der Waals surface area contributed by atoms with Crippen molar-refractivity contribution < 1.29 is 28.2 Å². The maximum absolute atomic E-state index is 14.4. The van der Waals surface area contributed by atoms with E-state index >= 15 is 0 Å². The van der Waals surface area contributed by atoms with Crippen molar-refractivity contribution in [2.75, 3.05) is 18.1 Å². The van der Waals surface area contributed by atoms with Gasteiger partial charge in [-0.15, -0.1) is 0 Å². The van der Waals surface area contributed by atoms with Gasteiger partial charge in [-0.05, 0) is 25.3 Å². The van der Waals surface area contributed by atoms with Crippen molar-refractivity contribution in [3.63, 3.8) is 0 Å². The van der Waals surface area contributed by atoms with Gasteiger partial charge in [-0.3, -0.25) is 9.36 Å². The molecule has 0 radical (unpaired) electrons. The highest BCUT2D eigenvalue weighted by atomic mass is 33.1. The Morgan fingerprint density at radius 2 is 2.28 bits per heavy atom. The number of rotatable bonds is 8. The first-order chi connectivity index (χ1) is 13.8. The molecule has 0 unspecified atom stereocenters. The Morgan fingerprint density at radius 1 is 1.48 bits per heavy atom. The van der Waals surface area contributed by atoms with Crippen LogP contribution in [-0.4, -0.2) is 56.4 Å². The van der Waals surface area contributed by atoms with Crippen molar-refractivity contribution in [3.8, 4) is 0 Å². The van der Waals surface area contributed by atoms with E-state index in [-0.39, 0.29) is 12.2 Å². The molecule has 162 valence electrons. The van der Waals surface area contributed by atoms with E-state index in [0.29, 0.717) is 16.2 Å². The molecule has 0 aliphatic carbocycles. The van der Waals surface area contributed by atoms with Crippen LogP contribution in [0, 0.1) is 0 Å². The standard InChI is InChI=1S/C17H23F2N3O5S2/c18-17(19)14(24)11(27-15(17)22-7-5-12(20)21-16(22)25)9-26-13(23)4-2-1-3-10-6-8-28-29-10/h5,7,10-11,14-15,24H,1-4,6,8-9H2,(H2,20,21,25)/t10-,11-,14-,15-/m1/s1. The first-order valence-corrected chi connectivity index (χ1v) is 11.7. The highest BCUT2D eigenvalue weighted by molar-refractivity contribution is 8.77. The molecule has 2 aliphatic rings. The number of anilines is 1. The fourth-order valence-electron chi connectivity index (χ4n) is 3.16. The number of nitrogens with two attached hydrogens (primary N) is 1. The average molecular weight is 452 g/mol. The molecule has 29 heavy (non-hydrogen) atoms. The van der Waals surface area contributed by atoms with Gasteiger partial charge in [0.15, 0.2) is 6.10 Å². The third-order valence-corrected chi connectivity index (χ3v) is 7.78. The highest BCUT2D eigenvalue weighted by Gasteiger charge is 2.60. The van der Waals surface area contributed by atoms with E-state index in [1.165, 1.54) is 12.5 Å². The van der Waals surface area contributed by atoms with E-state index < -0.39 is 42.6 Å². The third-order valence-electron chi connectivity index (χ3n) is 4.78. The number of hydrogen-bond donors (Lipinski definition) is 2. The quantitative estimate of drug-likeness (QED) is 0.348. The second kappa shape index (κ2) is 9.63. The second-order valence-electron chi connectivity index (χ2n) is 6.95. The van der Waals surface area contributed by atoms with Crippen LogP contribution in [0.5, 0.6) is 0 Å². The number of aromatic nitrogens is 2. The number of nitrogen functional groups attached to an aromatic ring is 1. The van der Waals surface area contributed by atoms with Gasteiger partial charge in [-0.2, -0.15) is 13.8 Å². The summed E-state index contributed by atoms with van der Waals surface area (Å²) in [5.41, 5.74) is 4.32. The summed E-state index contributed by atoms with van der Waals surface area (Å²) in [7, 11) is 3.74. The molecule has 3 rings (SSSR count). The van der Waals surface area contributed by atoms with Crippen molar-refractivity contribution in [1.82, 2.24) is 9.55 Å². The van der Waals surface area contributed by atoms with Crippen LogP contribution >= 0.6 is 21.6 Å². The zero-order chi connectivity index (χ0) is 21.0. The van der Waals surface area contributed by atoms with Gasteiger partial charge in [0.25, 0.3) is 0 Å². The number of hydrogen-bond acceptors (Lipinski definition) is 9. The van der Waals surface area contributed by atoms with E-state index in [1.54, 1.807) is 0 Å². The predicted octanol–water partition coefficient (Wildman–Crippen LogP) is 1.98. The van der Waals surface area contributed by atoms with Crippen LogP contribution in [0.4, 0.5) is 14.6 Å². The number of unbranched alkanes of at least 4 members (excludes halogenated alkanes) is 1. The number of nitrogens with zero attached hydrogens (tertiary/aromatic N) is 2. The van der Waals surface area contributed by atoms with E-state index in [4.69, 9.17) is 15.2 Å². The fraction of sp³-hybridized carbons (Fsp3) is 0.706. The molecule has 0 aromatic carbocycles. The summed E-state index contributed by atoms with van der Waals surface area (Å²) in [6, 6.07) is 1.17. The average Bonchev–Trinajstić information content (AvgIpc) is 3.26. The van der Waals surface area contributed by atoms with E-state index in [0.717, 1.165) is 24.8 Å². The van der Waals surface area contributed by atoms with E-state index in [2.05, 4.69) is 4.98 Å². The minimum Gasteiger partial charge on any atom is -0.463 e. The molecule has 3 heterocycles. The van der Waals surface area contributed by atoms with Crippen LogP contribution < -0.4 is 11.4 Å². The molecule has 2 fully saturated rings. The lowest BCUT2D eigenvalue weighted by Crippen LogP contribution is -2.42. The van der Waals surface area contributed by atoms with Crippen molar-refractivity contribution in [1.29, 1.82) is 0 Å². The first kappa shape index (κ1) is 22.3. The minimum atomic E-state index is -3.77. The number of alkyl halides is 2. The van der Waals surface area contributed by atoms with Crippen LogP contribution in [0.15, 0.2) is 17.1 Å². The van der Waals surface area contributed by atoms with Gasteiger partial charge >= 0.3 is 17.6 Å². The summed E-state index contributed by atoms with van der Waals surface area (Å²) in [5, 5.41) is 10.5. The van der Waals surface area contributed by atoms with Crippen molar-refractivity contribution in [2.24, 2.45) is 0 Å². The van der Waals surface area contributed by atoms with Gasteiger partial charge in [0, 0.05) is 23.6 Å². The molecule has 1 aromatic heterocycles. The molecule has 2 aliphatic heterocycles. The Balaban J connectivity index is 1.48. The normalized spacial score (nSPS) is 28.5. The minimum absolute atomic E-state index is 0.121. The molecule has 2 saturated heterocycles. The molecule has 1 aromatic rings. The molecule has 0 saturated carbocycles. The van der Waals surface area contributed by atoms with Crippen LogP contribution in [-0.2, 0) is 14.3 Å². The Kier molecular flexibility index (Phi) is 7.41. The second-order valence-corrected chi connectivity index (χ2v) is 9.73. The van der Waals surface area contributed by atoms with E-state index in [1.807, 2.05) is 21.6 Å². The monoisotopic (exact) mass is 451 g/mol. The number of carbonyl (C=O) groups excluding carboxylic acids is 1. The van der Waals surface area contributed by atoms with Gasteiger partial charge in [-0.25, -0.2) is 4.79 Å². The molecule has 3 N–H and O–H groups in total. The number of ether oxygens (including phenoxy) is 2. The van der Waals surface area contributed by atoms with Crippen molar-refractivity contribution in [3.05, 3.63) is 22.7 Å². The Bertz CT molecular complexity index is 776. The maximum atomic E-state index is 14.4. The van der Waals surface area contributed by atoms with Gasteiger partial charge in [0.1, 0.15) is 18.5 Å². The van der Waals surface area contributed by atoms with Crippen LogP contribution in [0.2, 0.25) is 0 Å². The predicted molar refractivity (Wildman–Crippen MR) is 106 cm³/mol. The van der Waals surface area contributed by atoms with Crippen molar-refractivity contribution in [2.45, 2.75) is 61.7 Å². The molecular weight excluding hydrogens is 428 g/mol. The lowest BCUT2D eigenvalue weighted by Gasteiger charge is -2.20. The maximum Gasteiger partial charge on any atom is 0.351 e. The lowest BCUT2D eigenvalue weighted by atomic mass is 10.1. The molecule has 12 heteroatoms. The number of aliphatic hydroxyl groups excluding tert-OH is 1. The van der Waals surface area contributed by atoms with Gasteiger partial charge < -0.3 is 20.3 Å². The summed E-state index contributed by atoms with van der Waals surface area (Å²) >= 11 is 0. The number of aliphatic hydroxyl groups is 1. The summed E-state index contributed by atoms with van der Waals surface area (Å²) in [4.78, 5) is 27.1. The molecule has 4 atom stereocenters.